The number of carbonyl (C=O) groups is 2. The van der Waals surface area contributed by atoms with Crippen LogP contribution in [0.15, 0.2) is 36.8 Å². The summed E-state index contributed by atoms with van der Waals surface area (Å²) in [6.45, 7) is 2.57. The van der Waals surface area contributed by atoms with Crippen molar-refractivity contribution in [1.29, 1.82) is 0 Å². The zero-order valence-electron chi connectivity index (χ0n) is 12.6. The molecule has 0 atom stereocenters. The Morgan fingerprint density at radius 2 is 1.95 bits per heavy atom. The molecule has 6 heteroatoms. The Bertz CT molecular complexity index is 664. The summed E-state index contributed by atoms with van der Waals surface area (Å²) in [6, 6.07) is 7.59. The fourth-order valence-electron chi connectivity index (χ4n) is 2.07. The Hall–Kier alpha value is -2.63. The molecule has 116 valence electrons. The second kappa shape index (κ2) is 7.40. The highest BCUT2D eigenvalue weighted by atomic mass is 16.5. The summed E-state index contributed by atoms with van der Waals surface area (Å²) in [5, 5.41) is 0. The first kappa shape index (κ1) is 15.8. The van der Waals surface area contributed by atoms with Crippen LogP contribution in [0.25, 0.3) is 0 Å². The number of ether oxygens (including phenoxy) is 2. The van der Waals surface area contributed by atoms with Gasteiger partial charge in [0.05, 0.1) is 26.5 Å². The van der Waals surface area contributed by atoms with Crippen LogP contribution in [0.3, 0.4) is 0 Å². The number of hydrogen-bond acceptors (Lipinski definition) is 5. The molecule has 0 aliphatic rings. The molecule has 22 heavy (non-hydrogen) atoms. The molecule has 0 amide bonds. The smallest absolute Gasteiger partial charge is 0.358 e. The molecule has 2 rings (SSSR count). The maximum Gasteiger partial charge on any atom is 0.358 e. The normalized spacial score (nSPS) is 10.3. The average Bonchev–Trinajstić information content (AvgIpc) is 2.98. The van der Waals surface area contributed by atoms with Crippen LogP contribution in [0.4, 0.5) is 0 Å². The highest BCUT2D eigenvalue weighted by molar-refractivity contribution is 5.86. The third-order valence-electron chi connectivity index (χ3n) is 3.15. The van der Waals surface area contributed by atoms with Crippen LogP contribution >= 0.6 is 0 Å². The molecule has 1 aromatic heterocycles. The Morgan fingerprint density at radius 1 is 1.23 bits per heavy atom. The quantitative estimate of drug-likeness (QED) is 0.761. The number of methoxy groups -OCH3 is 1. The highest BCUT2D eigenvalue weighted by Gasteiger charge is 2.12. The van der Waals surface area contributed by atoms with Crippen molar-refractivity contribution >= 4 is 11.9 Å². The minimum absolute atomic E-state index is 0.214. The first-order chi connectivity index (χ1) is 10.6. The van der Waals surface area contributed by atoms with Crippen LogP contribution in [-0.4, -0.2) is 35.2 Å². The maximum atomic E-state index is 11.6. The molecule has 0 bridgehead atoms. The number of benzene rings is 1. The number of hydrogen-bond donors (Lipinski definition) is 0. The van der Waals surface area contributed by atoms with Gasteiger partial charge in [-0.2, -0.15) is 0 Å². The van der Waals surface area contributed by atoms with Crippen LogP contribution < -0.4 is 0 Å². The van der Waals surface area contributed by atoms with E-state index in [1.807, 2.05) is 24.3 Å². The monoisotopic (exact) mass is 302 g/mol. The zero-order chi connectivity index (χ0) is 15.9. The lowest BCUT2D eigenvalue weighted by Gasteiger charge is -2.09. The molecule has 0 spiro atoms. The molecular formula is C16H18N2O4. The van der Waals surface area contributed by atoms with Gasteiger partial charge in [0.2, 0.25) is 0 Å². The maximum absolute atomic E-state index is 11.6. The summed E-state index contributed by atoms with van der Waals surface area (Å²) in [7, 11) is 1.37. The fraction of sp³-hybridized carbons (Fsp3) is 0.312. The predicted octanol–water partition coefficient (Wildman–Crippen LogP) is 1.82. The van der Waals surface area contributed by atoms with Gasteiger partial charge >= 0.3 is 11.9 Å². The van der Waals surface area contributed by atoms with Gasteiger partial charge in [-0.3, -0.25) is 4.79 Å². The van der Waals surface area contributed by atoms with E-state index in [0.29, 0.717) is 13.2 Å². The van der Waals surface area contributed by atoms with Gasteiger partial charge in [-0.1, -0.05) is 24.3 Å². The standard InChI is InChI=1S/C16H18N2O4/c1-3-22-16(20)14-10-18(11-17-14)9-13-7-5-4-6-12(13)8-15(19)21-2/h4-7,10-11H,3,8-9H2,1-2H3. The van der Waals surface area contributed by atoms with Crippen molar-refractivity contribution in [3.05, 3.63) is 53.6 Å². The number of imidazole rings is 1. The topological polar surface area (TPSA) is 70.4 Å². The summed E-state index contributed by atoms with van der Waals surface area (Å²) in [5.74, 6) is -0.727. The summed E-state index contributed by atoms with van der Waals surface area (Å²) in [5.41, 5.74) is 2.13. The molecule has 1 aromatic carbocycles. The van der Waals surface area contributed by atoms with Gasteiger partial charge in [-0.15, -0.1) is 0 Å². The molecule has 0 unspecified atom stereocenters. The molecule has 0 saturated carbocycles. The van der Waals surface area contributed by atoms with Crippen molar-refractivity contribution in [3.8, 4) is 0 Å². The number of carbonyl (C=O) groups excluding carboxylic acids is 2. The first-order valence-corrected chi connectivity index (χ1v) is 6.96. The third kappa shape index (κ3) is 3.94. The van der Waals surface area contributed by atoms with Gasteiger partial charge in [0, 0.05) is 12.7 Å². The Morgan fingerprint density at radius 3 is 2.64 bits per heavy atom. The van der Waals surface area contributed by atoms with Crippen molar-refractivity contribution < 1.29 is 19.1 Å². The second-order valence-electron chi connectivity index (χ2n) is 4.67. The van der Waals surface area contributed by atoms with Gasteiger partial charge in [0.1, 0.15) is 0 Å². The number of rotatable bonds is 6. The molecule has 0 radical (unpaired) electrons. The van der Waals surface area contributed by atoms with Crippen molar-refractivity contribution in [2.24, 2.45) is 0 Å². The lowest BCUT2D eigenvalue weighted by molar-refractivity contribution is -0.139. The van der Waals surface area contributed by atoms with E-state index in [4.69, 9.17) is 9.47 Å². The molecule has 0 N–H and O–H groups in total. The first-order valence-electron chi connectivity index (χ1n) is 6.96. The van der Waals surface area contributed by atoms with Crippen LogP contribution in [0.2, 0.25) is 0 Å². The van der Waals surface area contributed by atoms with E-state index >= 15 is 0 Å². The van der Waals surface area contributed by atoms with E-state index in [0.717, 1.165) is 11.1 Å². The average molecular weight is 302 g/mol. The SMILES string of the molecule is CCOC(=O)c1cn(Cc2ccccc2CC(=O)OC)cn1. The molecule has 6 nitrogen and oxygen atoms in total. The van der Waals surface area contributed by atoms with Gasteiger partial charge in [0.25, 0.3) is 0 Å². The Kier molecular flexibility index (Phi) is 5.30. The highest BCUT2D eigenvalue weighted by Crippen LogP contribution is 2.13. The van der Waals surface area contributed by atoms with Crippen LogP contribution in [0, 0.1) is 0 Å². The predicted molar refractivity (Wildman–Crippen MR) is 79.4 cm³/mol. The lowest BCUT2D eigenvalue weighted by Crippen LogP contribution is -2.08. The van der Waals surface area contributed by atoms with E-state index in [2.05, 4.69) is 4.98 Å². The molecule has 0 saturated heterocycles. The summed E-state index contributed by atoms with van der Waals surface area (Å²) >= 11 is 0. The van der Waals surface area contributed by atoms with Crippen molar-refractivity contribution in [2.75, 3.05) is 13.7 Å². The van der Waals surface area contributed by atoms with E-state index in [1.165, 1.54) is 7.11 Å². The van der Waals surface area contributed by atoms with Crippen molar-refractivity contribution in [3.63, 3.8) is 0 Å². The van der Waals surface area contributed by atoms with E-state index in [9.17, 15) is 9.59 Å². The largest absolute Gasteiger partial charge is 0.469 e. The van der Waals surface area contributed by atoms with E-state index in [-0.39, 0.29) is 18.1 Å². The lowest BCUT2D eigenvalue weighted by atomic mass is 10.0. The molecule has 2 aromatic rings. The Balaban J connectivity index is 2.14. The second-order valence-corrected chi connectivity index (χ2v) is 4.67. The summed E-state index contributed by atoms with van der Waals surface area (Å²) in [4.78, 5) is 27.1. The van der Waals surface area contributed by atoms with Gasteiger partial charge in [-0.25, -0.2) is 9.78 Å². The number of nitrogens with zero attached hydrogens (tertiary/aromatic N) is 2. The minimum Gasteiger partial charge on any atom is -0.469 e. The van der Waals surface area contributed by atoms with Gasteiger partial charge in [-0.05, 0) is 18.1 Å². The number of esters is 2. The fourth-order valence-corrected chi connectivity index (χ4v) is 2.07. The van der Waals surface area contributed by atoms with Gasteiger partial charge < -0.3 is 14.0 Å². The van der Waals surface area contributed by atoms with Crippen molar-refractivity contribution in [2.45, 2.75) is 19.9 Å². The minimum atomic E-state index is -0.441. The molecular weight excluding hydrogens is 284 g/mol. The van der Waals surface area contributed by atoms with Crippen molar-refractivity contribution in [1.82, 2.24) is 9.55 Å². The number of aromatic nitrogens is 2. The Labute approximate surface area is 128 Å². The summed E-state index contributed by atoms with van der Waals surface area (Å²) < 4.78 is 11.4. The molecule has 1 heterocycles. The van der Waals surface area contributed by atoms with Gasteiger partial charge in [0.15, 0.2) is 5.69 Å². The molecule has 0 aliphatic carbocycles. The zero-order valence-corrected chi connectivity index (χ0v) is 12.6. The van der Waals surface area contributed by atoms with Crippen LogP contribution in [0.1, 0.15) is 28.5 Å². The third-order valence-corrected chi connectivity index (χ3v) is 3.15. The molecule has 0 aliphatic heterocycles. The van der Waals surface area contributed by atoms with E-state index in [1.54, 1.807) is 24.0 Å². The van der Waals surface area contributed by atoms with Crippen LogP contribution in [-0.2, 0) is 27.2 Å². The van der Waals surface area contributed by atoms with Crippen LogP contribution in [0.5, 0.6) is 0 Å². The summed E-state index contributed by atoms with van der Waals surface area (Å²) in [6.07, 6.45) is 3.42. The molecule has 0 fully saturated rings. The van der Waals surface area contributed by atoms with E-state index < -0.39 is 5.97 Å².